The molecule has 0 aromatic rings. The lowest BCUT2D eigenvalue weighted by molar-refractivity contribution is -0.123. The van der Waals surface area contributed by atoms with Gasteiger partial charge < -0.3 is 20.5 Å². The molecule has 0 aliphatic carbocycles. The number of carbonyl (C=O) groups excluding carboxylic acids is 1. The maximum Gasteiger partial charge on any atom is 0.222 e. The number of hydrogen-bond acceptors (Lipinski definition) is 4. The molecule has 1 fully saturated rings. The molecule has 1 aliphatic heterocycles. The van der Waals surface area contributed by atoms with Gasteiger partial charge in [0.2, 0.25) is 5.91 Å². The molecule has 1 rings (SSSR count). The van der Waals surface area contributed by atoms with Crippen LogP contribution in [0, 0.1) is 0 Å². The Morgan fingerprint density at radius 3 is 2.88 bits per heavy atom. The van der Waals surface area contributed by atoms with Gasteiger partial charge in [-0.3, -0.25) is 4.79 Å². The Bertz CT molecular complexity index is 205. The molecule has 5 heteroatoms. The molecular formula is C11H22N2O3. The fourth-order valence-electron chi connectivity index (χ4n) is 1.67. The van der Waals surface area contributed by atoms with E-state index in [0.717, 1.165) is 25.9 Å². The van der Waals surface area contributed by atoms with Gasteiger partial charge in [0.15, 0.2) is 0 Å². The molecule has 94 valence electrons. The molecule has 1 amide bonds. The van der Waals surface area contributed by atoms with Gasteiger partial charge in [0, 0.05) is 12.5 Å². The summed E-state index contributed by atoms with van der Waals surface area (Å²) in [6.45, 7) is 4.21. The van der Waals surface area contributed by atoms with Crippen molar-refractivity contribution in [3.63, 3.8) is 0 Å². The number of hydrogen-bond donors (Lipinski definition) is 3. The van der Waals surface area contributed by atoms with Gasteiger partial charge >= 0.3 is 0 Å². The van der Waals surface area contributed by atoms with E-state index in [9.17, 15) is 4.79 Å². The zero-order valence-corrected chi connectivity index (χ0v) is 9.87. The Labute approximate surface area is 96.6 Å². The van der Waals surface area contributed by atoms with E-state index < -0.39 is 0 Å². The third-order valence-corrected chi connectivity index (χ3v) is 2.65. The number of rotatable bonds is 6. The van der Waals surface area contributed by atoms with Crippen LogP contribution in [-0.2, 0) is 9.53 Å². The van der Waals surface area contributed by atoms with Crippen molar-refractivity contribution in [1.29, 1.82) is 0 Å². The molecule has 1 aliphatic rings. The molecule has 0 aromatic heterocycles. The maximum atomic E-state index is 11.3. The number of nitrogens with one attached hydrogen (secondary N) is 2. The average molecular weight is 230 g/mol. The first kappa shape index (κ1) is 13.4. The Hall–Kier alpha value is -0.650. The van der Waals surface area contributed by atoms with Crippen molar-refractivity contribution < 1.29 is 14.6 Å². The molecule has 1 atom stereocenters. The van der Waals surface area contributed by atoms with Crippen molar-refractivity contribution in [3.8, 4) is 0 Å². The van der Waals surface area contributed by atoms with Crippen LogP contribution in [0.5, 0.6) is 0 Å². The van der Waals surface area contributed by atoms with Crippen molar-refractivity contribution >= 4 is 5.91 Å². The first-order chi connectivity index (χ1) is 7.72. The fourth-order valence-corrected chi connectivity index (χ4v) is 1.67. The molecule has 0 saturated carbocycles. The standard InChI is InChI=1S/C11H22N2O3/c1-9(8-14)13-11(15)4-7-16-10-2-5-12-6-3-10/h9-10,12,14H,2-8H2,1H3,(H,13,15). The van der Waals surface area contributed by atoms with E-state index in [4.69, 9.17) is 9.84 Å². The van der Waals surface area contributed by atoms with Gasteiger partial charge in [-0.05, 0) is 32.9 Å². The summed E-state index contributed by atoms with van der Waals surface area (Å²) < 4.78 is 5.61. The monoisotopic (exact) mass is 230 g/mol. The molecule has 1 heterocycles. The number of ether oxygens (including phenoxy) is 1. The van der Waals surface area contributed by atoms with Crippen LogP contribution in [0.4, 0.5) is 0 Å². The smallest absolute Gasteiger partial charge is 0.222 e. The van der Waals surface area contributed by atoms with Crippen molar-refractivity contribution in [2.45, 2.75) is 38.3 Å². The van der Waals surface area contributed by atoms with E-state index in [2.05, 4.69) is 10.6 Å². The van der Waals surface area contributed by atoms with Gasteiger partial charge in [0.05, 0.1) is 19.3 Å². The van der Waals surface area contributed by atoms with Crippen molar-refractivity contribution in [3.05, 3.63) is 0 Å². The maximum absolute atomic E-state index is 11.3. The molecule has 16 heavy (non-hydrogen) atoms. The van der Waals surface area contributed by atoms with Crippen molar-refractivity contribution in [2.24, 2.45) is 0 Å². The zero-order valence-electron chi connectivity index (χ0n) is 9.87. The van der Waals surface area contributed by atoms with Gasteiger partial charge in [0.1, 0.15) is 0 Å². The predicted molar refractivity (Wildman–Crippen MR) is 61.2 cm³/mol. The predicted octanol–water partition coefficient (Wildman–Crippen LogP) is -0.358. The molecule has 5 nitrogen and oxygen atoms in total. The molecule has 0 bridgehead atoms. The summed E-state index contributed by atoms with van der Waals surface area (Å²) in [7, 11) is 0. The van der Waals surface area contributed by atoms with Crippen LogP contribution in [-0.4, -0.2) is 49.5 Å². The summed E-state index contributed by atoms with van der Waals surface area (Å²) in [5.41, 5.74) is 0. The Balaban J connectivity index is 2.03. The topological polar surface area (TPSA) is 70.6 Å². The number of piperidine rings is 1. The molecule has 0 aromatic carbocycles. The van der Waals surface area contributed by atoms with E-state index in [0.29, 0.717) is 19.1 Å². The third-order valence-electron chi connectivity index (χ3n) is 2.65. The minimum absolute atomic E-state index is 0.0269. The molecule has 3 N–H and O–H groups in total. The summed E-state index contributed by atoms with van der Waals surface area (Å²) in [6, 6.07) is -0.175. The average Bonchev–Trinajstić information content (AvgIpc) is 2.30. The van der Waals surface area contributed by atoms with Gasteiger partial charge in [-0.15, -0.1) is 0 Å². The second-order valence-corrected chi connectivity index (χ2v) is 4.22. The van der Waals surface area contributed by atoms with Crippen LogP contribution in [0.2, 0.25) is 0 Å². The second-order valence-electron chi connectivity index (χ2n) is 4.22. The first-order valence-electron chi connectivity index (χ1n) is 5.95. The zero-order chi connectivity index (χ0) is 11.8. The van der Waals surface area contributed by atoms with E-state index in [-0.39, 0.29) is 18.6 Å². The van der Waals surface area contributed by atoms with E-state index in [1.165, 1.54) is 0 Å². The minimum Gasteiger partial charge on any atom is -0.394 e. The van der Waals surface area contributed by atoms with Crippen LogP contribution in [0.25, 0.3) is 0 Å². The van der Waals surface area contributed by atoms with Crippen LogP contribution in [0.1, 0.15) is 26.2 Å². The van der Waals surface area contributed by atoms with Crippen molar-refractivity contribution in [1.82, 2.24) is 10.6 Å². The normalized spacial score (nSPS) is 19.4. The summed E-state index contributed by atoms with van der Waals surface area (Å²) in [4.78, 5) is 11.3. The Morgan fingerprint density at radius 2 is 2.25 bits per heavy atom. The number of aliphatic hydroxyl groups excluding tert-OH is 1. The highest BCUT2D eigenvalue weighted by Crippen LogP contribution is 2.07. The van der Waals surface area contributed by atoms with E-state index in [1.54, 1.807) is 6.92 Å². The summed E-state index contributed by atoms with van der Waals surface area (Å²) in [5.74, 6) is -0.0597. The van der Waals surface area contributed by atoms with E-state index in [1.807, 2.05) is 0 Å². The van der Waals surface area contributed by atoms with Gasteiger partial charge in [-0.25, -0.2) is 0 Å². The number of amides is 1. The molecule has 1 saturated heterocycles. The van der Waals surface area contributed by atoms with Gasteiger partial charge in [-0.2, -0.15) is 0 Å². The highest BCUT2D eigenvalue weighted by molar-refractivity contribution is 5.76. The first-order valence-corrected chi connectivity index (χ1v) is 5.95. The fraction of sp³-hybridized carbons (Fsp3) is 0.909. The summed E-state index contributed by atoms with van der Waals surface area (Å²) in [5, 5.41) is 14.7. The number of aliphatic hydroxyl groups is 1. The highest BCUT2D eigenvalue weighted by Gasteiger charge is 2.13. The van der Waals surface area contributed by atoms with Crippen LogP contribution in [0.3, 0.4) is 0 Å². The van der Waals surface area contributed by atoms with E-state index >= 15 is 0 Å². The lowest BCUT2D eigenvalue weighted by Crippen LogP contribution is -2.36. The SMILES string of the molecule is CC(CO)NC(=O)CCOC1CCNCC1. The van der Waals surface area contributed by atoms with Crippen molar-refractivity contribution in [2.75, 3.05) is 26.3 Å². The van der Waals surface area contributed by atoms with Gasteiger partial charge in [-0.1, -0.05) is 0 Å². The molecule has 1 unspecified atom stereocenters. The van der Waals surface area contributed by atoms with Crippen LogP contribution < -0.4 is 10.6 Å². The largest absolute Gasteiger partial charge is 0.394 e. The lowest BCUT2D eigenvalue weighted by atomic mass is 10.1. The quantitative estimate of drug-likeness (QED) is 0.583. The summed E-state index contributed by atoms with van der Waals surface area (Å²) in [6.07, 6.45) is 2.71. The minimum atomic E-state index is -0.175. The molecule has 0 spiro atoms. The second kappa shape index (κ2) is 7.60. The van der Waals surface area contributed by atoms with Crippen LogP contribution >= 0.6 is 0 Å². The Kier molecular flexibility index (Phi) is 6.37. The lowest BCUT2D eigenvalue weighted by Gasteiger charge is -2.22. The third kappa shape index (κ3) is 5.44. The molecule has 0 radical (unpaired) electrons. The molecular weight excluding hydrogens is 208 g/mol. The summed E-state index contributed by atoms with van der Waals surface area (Å²) >= 11 is 0. The number of carbonyl (C=O) groups is 1. The highest BCUT2D eigenvalue weighted by atomic mass is 16.5. The van der Waals surface area contributed by atoms with Crippen LogP contribution in [0.15, 0.2) is 0 Å². The van der Waals surface area contributed by atoms with Gasteiger partial charge in [0.25, 0.3) is 0 Å². The Morgan fingerprint density at radius 1 is 1.56 bits per heavy atom.